The normalized spacial score (nSPS) is 17.0. The molecule has 7 heteroatoms. The van der Waals surface area contributed by atoms with Gasteiger partial charge >= 0.3 is 0 Å². The fraction of sp³-hybridized carbons (Fsp3) is 0.389. The lowest BCUT2D eigenvalue weighted by molar-refractivity contribution is 0.0825. The number of aliphatic hydroxyl groups excluding tert-OH is 1. The number of imidazole rings is 1. The Kier molecular flexibility index (Phi) is 4.50. The van der Waals surface area contributed by atoms with Gasteiger partial charge in [-0.2, -0.15) is 9.36 Å². The van der Waals surface area contributed by atoms with Gasteiger partial charge in [0.2, 0.25) is 5.13 Å². The Hall–Kier alpha value is -2.25. The highest BCUT2D eigenvalue weighted by molar-refractivity contribution is 7.09. The van der Waals surface area contributed by atoms with Gasteiger partial charge in [-0.15, -0.1) is 0 Å². The molecule has 2 aromatic heterocycles. The average molecular weight is 355 g/mol. The number of aliphatic hydroxyl groups is 1. The Bertz CT molecular complexity index is 823. The van der Waals surface area contributed by atoms with Crippen molar-refractivity contribution in [2.45, 2.75) is 18.9 Å². The predicted molar refractivity (Wildman–Crippen MR) is 98.4 cm³/mol. The van der Waals surface area contributed by atoms with Crippen molar-refractivity contribution in [3.63, 3.8) is 0 Å². The third-order valence-electron chi connectivity index (χ3n) is 4.83. The summed E-state index contributed by atoms with van der Waals surface area (Å²) in [6, 6.07) is 10.1. The summed E-state index contributed by atoms with van der Waals surface area (Å²) in [4.78, 5) is 11.2. The number of hydrogen-bond donors (Lipinski definition) is 1. The zero-order valence-corrected chi connectivity index (χ0v) is 14.9. The van der Waals surface area contributed by atoms with Crippen LogP contribution in [0.2, 0.25) is 0 Å². The Morgan fingerprint density at radius 1 is 1.20 bits per heavy atom. The summed E-state index contributed by atoms with van der Waals surface area (Å²) in [5, 5.41) is 11.6. The minimum Gasteiger partial charge on any atom is -0.385 e. The van der Waals surface area contributed by atoms with E-state index in [0.29, 0.717) is 0 Å². The highest BCUT2D eigenvalue weighted by Gasteiger charge is 2.29. The van der Waals surface area contributed by atoms with Gasteiger partial charge in [0.25, 0.3) is 0 Å². The Balaban J connectivity index is 1.41. The van der Waals surface area contributed by atoms with Gasteiger partial charge in [0.05, 0.1) is 0 Å². The van der Waals surface area contributed by atoms with Crippen LogP contribution in [0.5, 0.6) is 0 Å². The SMILES string of the molecule is Cn1ccnc1C(O)C1CCN(c2nc(-c3ccccc3)ns2)CC1. The molecule has 0 radical (unpaired) electrons. The number of anilines is 1. The molecule has 0 saturated carbocycles. The van der Waals surface area contributed by atoms with Gasteiger partial charge in [0, 0.05) is 49.6 Å². The largest absolute Gasteiger partial charge is 0.385 e. The number of hydrogen-bond acceptors (Lipinski definition) is 6. The first-order valence-corrected chi connectivity index (χ1v) is 9.29. The summed E-state index contributed by atoms with van der Waals surface area (Å²) in [5.74, 6) is 1.77. The first-order valence-electron chi connectivity index (χ1n) is 8.52. The number of nitrogens with zero attached hydrogens (tertiary/aromatic N) is 5. The van der Waals surface area contributed by atoms with Crippen LogP contribution in [0, 0.1) is 5.92 Å². The van der Waals surface area contributed by atoms with Gasteiger partial charge in [-0.3, -0.25) is 0 Å². The van der Waals surface area contributed by atoms with Crippen molar-refractivity contribution in [3.8, 4) is 11.4 Å². The van der Waals surface area contributed by atoms with Gasteiger partial charge in [-0.25, -0.2) is 4.98 Å². The zero-order valence-electron chi connectivity index (χ0n) is 14.1. The molecule has 1 aliphatic heterocycles. The van der Waals surface area contributed by atoms with Crippen molar-refractivity contribution < 1.29 is 5.11 Å². The second-order valence-electron chi connectivity index (χ2n) is 6.43. The van der Waals surface area contributed by atoms with E-state index in [9.17, 15) is 5.11 Å². The van der Waals surface area contributed by atoms with Gasteiger partial charge in [-0.05, 0) is 18.8 Å². The molecule has 1 aromatic carbocycles. The Labute approximate surface area is 151 Å². The molecule has 6 nitrogen and oxygen atoms in total. The van der Waals surface area contributed by atoms with Gasteiger partial charge in [0.15, 0.2) is 5.82 Å². The van der Waals surface area contributed by atoms with Crippen LogP contribution in [-0.4, -0.2) is 37.1 Å². The van der Waals surface area contributed by atoms with Crippen LogP contribution in [-0.2, 0) is 7.05 Å². The third-order valence-corrected chi connectivity index (χ3v) is 5.60. The van der Waals surface area contributed by atoms with Crippen molar-refractivity contribution in [2.24, 2.45) is 13.0 Å². The lowest BCUT2D eigenvalue weighted by Gasteiger charge is -2.33. The Morgan fingerprint density at radius 3 is 2.64 bits per heavy atom. The molecule has 130 valence electrons. The minimum atomic E-state index is -0.503. The molecular weight excluding hydrogens is 334 g/mol. The van der Waals surface area contributed by atoms with Gasteiger partial charge in [-0.1, -0.05) is 30.3 Å². The molecule has 1 aliphatic rings. The van der Waals surface area contributed by atoms with Crippen molar-refractivity contribution in [2.75, 3.05) is 18.0 Å². The summed E-state index contributed by atoms with van der Waals surface area (Å²) in [7, 11) is 1.92. The molecule has 3 heterocycles. The second-order valence-corrected chi connectivity index (χ2v) is 7.16. The summed E-state index contributed by atoms with van der Waals surface area (Å²) in [6.45, 7) is 1.77. The molecule has 25 heavy (non-hydrogen) atoms. The van der Waals surface area contributed by atoms with Crippen LogP contribution in [0.15, 0.2) is 42.7 Å². The maximum atomic E-state index is 10.6. The van der Waals surface area contributed by atoms with E-state index < -0.39 is 6.10 Å². The first kappa shape index (κ1) is 16.2. The van der Waals surface area contributed by atoms with Crippen molar-refractivity contribution in [3.05, 3.63) is 48.5 Å². The number of benzene rings is 1. The molecular formula is C18H21N5OS. The van der Waals surface area contributed by atoms with E-state index in [2.05, 4.69) is 14.3 Å². The van der Waals surface area contributed by atoms with E-state index in [-0.39, 0.29) is 5.92 Å². The fourth-order valence-electron chi connectivity index (χ4n) is 3.33. The topological polar surface area (TPSA) is 67.1 Å². The summed E-state index contributed by atoms with van der Waals surface area (Å²) < 4.78 is 6.39. The molecule has 1 N–H and O–H groups in total. The second kappa shape index (κ2) is 6.93. The maximum Gasteiger partial charge on any atom is 0.205 e. The number of piperidine rings is 1. The summed E-state index contributed by atoms with van der Waals surface area (Å²) in [5.41, 5.74) is 1.05. The van der Waals surface area contributed by atoms with Crippen molar-refractivity contribution in [1.82, 2.24) is 18.9 Å². The van der Waals surface area contributed by atoms with Crippen molar-refractivity contribution >= 4 is 16.7 Å². The quantitative estimate of drug-likeness (QED) is 0.779. The van der Waals surface area contributed by atoms with E-state index in [0.717, 1.165) is 48.3 Å². The predicted octanol–water partition coefficient (Wildman–Crippen LogP) is 2.89. The monoisotopic (exact) mass is 355 g/mol. The van der Waals surface area contributed by atoms with Crippen LogP contribution in [0.25, 0.3) is 11.4 Å². The third kappa shape index (κ3) is 3.29. The van der Waals surface area contributed by atoms with Gasteiger partial charge < -0.3 is 14.6 Å². The van der Waals surface area contributed by atoms with Gasteiger partial charge in [0.1, 0.15) is 11.9 Å². The molecule has 0 spiro atoms. The lowest BCUT2D eigenvalue weighted by Crippen LogP contribution is -2.36. The maximum absolute atomic E-state index is 10.6. The standard InChI is InChI=1S/C18H21N5OS/c1-22-12-9-19-17(22)15(24)13-7-10-23(11-8-13)18-20-16(21-25-18)14-5-3-2-4-6-14/h2-6,9,12-13,15,24H,7-8,10-11H2,1H3. The van der Waals surface area contributed by atoms with Crippen molar-refractivity contribution in [1.29, 1.82) is 0 Å². The average Bonchev–Trinajstić information content (AvgIpc) is 3.31. The molecule has 1 atom stereocenters. The summed E-state index contributed by atoms with van der Waals surface area (Å²) in [6.07, 6.45) is 4.96. The van der Waals surface area contributed by atoms with E-state index in [1.807, 2.05) is 48.1 Å². The number of aryl methyl sites for hydroxylation is 1. The van der Waals surface area contributed by atoms with E-state index in [1.54, 1.807) is 6.20 Å². The van der Waals surface area contributed by atoms with Crippen LogP contribution < -0.4 is 4.90 Å². The molecule has 3 aromatic rings. The van der Waals surface area contributed by atoms with Crippen LogP contribution in [0.3, 0.4) is 0 Å². The molecule has 0 amide bonds. The molecule has 1 fully saturated rings. The molecule has 1 saturated heterocycles. The van der Waals surface area contributed by atoms with Crippen LogP contribution in [0.4, 0.5) is 5.13 Å². The van der Waals surface area contributed by atoms with Crippen LogP contribution in [0.1, 0.15) is 24.8 Å². The Morgan fingerprint density at radius 2 is 1.96 bits per heavy atom. The highest BCUT2D eigenvalue weighted by atomic mass is 32.1. The zero-order chi connectivity index (χ0) is 17.2. The van der Waals surface area contributed by atoms with E-state index >= 15 is 0 Å². The smallest absolute Gasteiger partial charge is 0.205 e. The molecule has 0 aliphatic carbocycles. The molecule has 4 rings (SSSR count). The van der Waals surface area contributed by atoms with E-state index in [1.165, 1.54) is 11.5 Å². The summed E-state index contributed by atoms with van der Waals surface area (Å²) >= 11 is 1.45. The molecule has 1 unspecified atom stereocenters. The van der Waals surface area contributed by atoms with E-state index in [4.69, 9.17) is 4.98 Å². The number of aromatic nitrogens is 4. The number of rotatable bonds is 4. The first-order chi connectivity index (χ1) is 12.2. The minimum absolute atomic E-state index is 0.235. The molecule has 0 bridgehead atoms. The highest BCUT2D eigenvalue weighted by Crippen LogP contribution is 2.33. The fourth-order valence-corrected chi connectivity index (χ4v) is 4.07. The lowest BCUT2D eigenvalue weighted by atomic mass is 9.91. The van der Waals surface area contributed by atoms with Crippen LogP contribution >= 0.6 is 11.5 Å².